The average molecular weight is 507 g/mol. The molecule has 6 nitrogen and oxygen atoms in total. The number of aryl methyl sites for hydroxylation is 1. The minimum atomic E-state index is -0.954. The first-order valence-corrected chi connectivity index (χ1v) is 10.4. The lowest BCUT2D eigenvalue weighted by atomic mass is 9.78. The highest BCUT2D eigenvalue weighted by atomic mass is 79.9. The van der Waals surface area contributed by atoms with Crippen LogP contribution in [-0.2, 0) is 22.4 Å². The number of rotatable bonds is 3. The number of imide groups is 1. The summed E-state index contributed by atoms with van der Waals surface area (Å²) in [6, 6.07) is 12.7. The minimum absolute atomic E-state index is 0.323. The highest BCUT2D eigenvalue weighted by molar-refractivity contribution is 9.11. The van der Waals surface area contributed by atoms with Gasteiger partial charge in [-0.25, -0.2) is 4.79 Å². The molecule has 4 rings (SSSR count). The maximum absolute atomic E-state index is 13.0. The molecule has 0 saturated carbocycles. The van der Waals surface area contributed by atoms with Gasteiger partial charge in [0.25, 0.3) is 5.91 Å². The van der Waals surface area contributed by atoms with E-state index in [0.717, 1.165) is 14.9 Å². The number of hydrogen-bond donors (Lipinski definition) is 2. The molecule has 1 saturated heterocycles. The van der Waals surface area contributed by atoms with Crippen molar-refractivity contribution in [2.75, 3.05) is 11.9 Å². The molecule has 2 N–H and O–H groups in total. The van der Waals surface area contributed by atoms with Crippen LogP contribution in [0, 0.1) is 0 Å². The number of amides is 4. The van der Waals surface area contributed by atoms with E-state index in [9.17, 15) is 14.4 Å². The minimum Gasteiger partial charge on any atom is -0.323 e. The summed E-state index contributed by atoms with van der Waals surface area (Å²) in [5.41, 5.74) is 1.88. The van der Waals surface area contributed by atoms with Crippen LogP contribution >= 0.6 is 31.9 Å². The van der Waals surface area contributed by atoms with Gasteiger partial charge in [-0.2, -0.15) is 0 Å². The molecular weight excluding hydrogens is 490 g/mol. The summed E-state index contributed by atoms with van der Waals surface area (Å²) < 4.78 is 1.57. The third kappa shape index (κ3) is 3.46. The molecule has 1 fully saturated rings. The van der Waals surface area contributed by atoms with E-state index in [1.807, 2.05) is 24.3 Å². The Kier molecular flexibility index (Phi) is 5.01. The number of hydrogen-bond acceptors (Lipinski definition) is 3. The van der Waals surface area contributed by atoms with Crippen molar-refractivity contribution < 1.29 is 14.4 Å². The molecule has 1 spiro atoms. The molecule has 2 aromatic carbocycles. The normalized spacial score (nSPS) is 20.9. The van der Waals surface area contributed by atoms with Gasteiger partial charge in [0.15, 0.2) is 0 Å². The fourth-order valence-electron chi connectivity index (χ4n) is 3.77. The zero-order valence-electron chi connectivity index (χ0n) is 14.8. The van der Waals surface area contributed by atoms with Crippen molar-refractivity contribution in [2.24, 2.45) is 0 Å². The molecule has 1 aliphatic heterocycles. The predicted molar refractivity (Wildman–Crippen MR) is 112 cm³/mol. The van der Waals surface area contributed by atoms with Crippen LogP contribution in [0.3, 0.4) is 0 Å². The second-order valence-corrected chi connectivity index (χ2v) is 8.79. The molecule has 8 heteroatoms. The van der Waals surface area contributed by atoms with Crippen molar-refractivity contribution in [3.63, 3.8) is 0 Å². The lowest BCUT2D eigenvalue weighted by Crippen LogP contribution is -2.51. The molecule has 2 aliphatic rings. The van der Waals surface area contributed by atoms with Gasteiger partial charge in [-0.05, 0) is 58.1 Å². The third-order valence-corrected chi connectivity index (χ3v) is 6.33. The van der Waals surface area contributed by atoms with Crippen molar-refractivity contribution >= 4 is 55.4 Å². The lowest BCUT2D eigenvalue weighted by molar-refractivity contribution is -0.134. The summed E-state index contributed by atoms with van der Waals surface area (Å²) in [5.74, 6) is -0.767. The monoisotopic (exact) mass is 505 g/mol. The van der Waals surface area contributed by atoms with Gasteiger partial charge in [0.2, 0.25) is 5.91 Å². The Hall–Kier alpha value is -2.19. The Balaban J connectivity index is 1.48. The van der Waals surface area contributed by atoms with Gasteiger partial charge in [0, 0.05) is 15.4 Å². The Morgan fingerprint density at radius 1 is 1.14 bits per heavy atom. The fourth-order valence-corrected chi connectivity index (χ4v) is 4.91. The summed E-state index contributed by atoms with van der Waals surface area (Å²) >= 11 is 6.73. The number of fused-ring (bicyclic) bond motifs is 1. The Labute approximate surface area is 178 Å². The zero-order chi connectivity index (χ0) is 19.9. The molecule has 1 aliphatic carbocycles. The molecule has 0 bridgehead atoms. The van der Waals surface area contributed by atoms with Gasteiger partial charge in [0.1, 0.15) is 12.1 Å². The number of benzene rings is 2. The van der Waals surface area contributed by atoms with Crippen LogP contribution in [0.4, 0.5) is 10.5 Å². The predicted octanol–water partition coefficient (Wildman–Crippen LogP) is 3.63. The molecule has 0 radical (unpaired) electrons. The first-order chi connectivity index (χ1) is 13.4. The van der Waals surface area contributed by atoms with Gasteiger partial charge in [-0.15, -0.1) is 0 Å². The molecule has 28 heavy (non-hydrogen) atoms. The maximum Gasteiger partial charge on any atom is 0.325 e. The van der Waals surface area contributed by atoms with Crippen molar-refractivity contribution in [2.45, 2.75) is 24.8 Å². The number of nitrogens with one attached hydrogen (secondary N) is 2. The summed E-state index contributed by atoms with van der Waals surface area (Å²) in [5, 5.41) is 5.57. The fraction of sp³-hybridized carbons (Fsp3) is 0.250. The number of carbonyl (C=O) groups is 3. The molecule has 4 amide bonds. The van der Waals surface area contributed by atoms with E-state index in [4.69, 9.17) is 0 Å². The number of anilines is 1. The first-order valence-electron chi connectivity index (χ1n) is 8.84. The van der Waals surface area contributed by atoms with E-state index in [0.29, 0.717) is 29.4 Å². The second kappa shape index (κ2) is 7.33. The molecular formula is C20H17Br2N3O3. The van der Waals surface area contributed by atoms with Crippen molar-refractivity contribution in [1.82, 2.24) is 10.2 Å². The Morgan fingerprint density at radius 3 is 2.64 bits per heavy atom. The average Bonchev–Trinajstić information content (AvgIpc) is 2.88. The SMILES string of the molecule is O=C(CN1C(=O)N[C@@]2(CCc3ccccc3C2)C1=O)Nc1ccc(Br)cc1Br. The van der Waals surface area contributed by atoms with Gasteiger partial charge >= 0.3 is 6.03 Å². The third-order valence-electron chi connectivity index (χ3n) is 5.18. The topological polar surface area (TPSA) is 78.5 Å². The smallest absolute Gasteiger partial charge is 0.323 e. The van der Waals surface area contributed by atoms with E-state index in [1.54, 1.807) is 18.2 Å². The summed E-state index contributed by atoms with van der Waals surface area (Å²) in [7, 11) is 0. The summed E-state index contributed by atoms with van der Waals surface area (Å²) in [4.78, 5) is 39.0. The second-order valence-electron chi connectivity index (χ2n) is 7.02. The van der Waals surface area contributed by atoms with E-state index in [-0.39, 0.29) is 12.5 Å². The zero-order valence-corrected chi connectivity index (χ0v) is 18.0. The number of carbonyl (C=O) groups excluding carboxylic acids is 3. The van der Waals surface area contributed by atoms with Gasteiger partial charge < -0.3 is 10.6 Å². The van der Waals surface area contributed by atoms with Crippen LogP contribution < -0.4 is 10.6 Å². The molecule has 0 aromatic heterocycles. The van der Waals surface area contributed by atoms with Crippen LogP contribution in [0.1, 0.15) is 17.5 Å². The van der Waals surface area contributed by atoms with Crippen LogP contribution in [0.2, 0.25) is 0 Å². The molecule has 0 unspecified atom stereocenters. The number of urea groups is 1. The lowest BCUT2D eigenvalue weighted by Gasteiger charge is -2.32. The van der Waals surface area contributed by atoms with Gasteiger partial charge in [0.05, 0.1) is 5.69 Å². The van der Waals surface area contributed by atoms with E-state index in [2.05, 4.69) is 42.5 Å². The summed E-state index contributed by atoms with van der Waals surface area (Å²) in [6.45, 7) is -0.323. The molecule has 1 atom stereocenters. The van der Waals surface area contributed by atoms with Crippen LogP contribution in [-0.4, -0.2) is 34.8 Å². The number of nitrogens with zero attached hydrogens (tertiary/aromatic N) is 1. The van der Waals surface area contributed by atoms with Crippen LogP contribution in [0.15, 0.2) is 51.4 Å². The Bertz CT molecular complexity index is 994. The van der Waals surface area contributed by atoms with Crippen LogP contribution in [0.25, 0.3) is 0 Å². The van der Waals surface area contributed by atoms with E-state index < -0.39 is 17.5 Å². The van der Waals surface area contributed by atoms with Crippen molar-refractivity contribution in [1.29, 1.82) is 0 Å². The quantitative estimate of drug-likeness (QED) is 0.624. The van der Waals surface area contributed by atoms with E-state index >= 15 is 0 Å². The van der Waals surface area contributed by atoms with Crippen LogP contribution in [0.5, 0.6) is 0 Å². The molecule has 144 valence electrons. The Morgan fingerprint density at radius 2 is 1.89 bits per heavy atom. The van der Waals surface area contributed by atoms with Crippen molar-refractivity contribution in [3.8, 4) is 0 Å². The maximum atomic E-state index is 13.0. The molecule has 1 heterocycles. The van der Waals surface area contributed by atoms with Gasteiger partial charge in [-0.3, -0.25) is 14.5 Å². The van der Waals surface area contributed by atoms with Gasteiger partial charge in [-0.1, -0.05) is 40.2 Å². The number of halogens is 2. The molecule has 2 aromatic rings. The van der Waals surface area contributed by atoms with Crippen molar-refractivity contribution in [3.05, 3.63) is 62.5 Å². The van der Waals surface area contributed by atoms with E-state index in [1.165, 1.54) is 5.56 Å². The first kappa shape index (κ1) is 19.1. The highest BCUT2D eigenvalue weighted by Crippen LogP contribution is 2.33. The standard InChI is InChI=1S/C20H17Br2N3O3/c21-14-5-6-16(15(22)9-14)23-17(26)11-25-18(27)20(24-19(25)28)8-7-12-3-1-2-4-13(12)10-20/h1-6,9H,7-8,10-11H2,(H,23,26)(H,24,28)/t20-/m1/s1. The highest BCUT2D eigenvalue weighted by Gasteiger charge is 2.52. The largest absolute Gasteiger partial charge is 0.325 e. The summed E-state index contributed by atoms with van der Waals surface area (Å²) in [6.07, 6.45) is 1.70.